The number of rotatable bonds is 4. The van der Waals surface area contributed by atoms with E-state index in [1.54, 1.807) is 6.26 Å². The van der Waals surface area contributed by atoms with Gasteiger partial charge in [0.25, 0.3) is 0 Å². The number of carbonyl (C=O) groups excluding carboxylic acids is 1. The number of ether oxygens (including phenoxy) is 1. The first-order valence-corrected chi connectivity index (χ1v) is 10.4. The summed E-state index contributed by atoms with van der Waals surface area (Å²) in [7, 11) is 0. The van der Waals surface area contributed by atoms with Gasteiger partial charge in [0.05, 0.1) is 24.6 Å². The number of hydrogen-bond donors (Lipinski definition) is 2. The average Bonchev–Trinajstić information content (AvgIpc) is 3.31. The van der Waals surface area contributed by atoms with Crippen LogP contribution in [0.2, 0.25) is 0 Å². The molecule has 12 heteroatoms. The van der Waals surface area contributed by atoms with Crippen molar-refractivity contribution in [3.63, 3.8) is 0 Å². The Hall–Kier alpha value is -3.15. The molecule has 0 aromatic carbocycles. The van der Waals surface area contributed by atoms with E-state index in [2.05, 4.69) is 20.4 Å². The van der Waals surface area contributed by atoms with Gasteiger partial charge in [-0.15, -0.1) is 5.10 Å². The zero-order valence-electron chi connectivity index (χ0n) is 17.9. The number of fused-ring (bicyclic) bond motifs is 1. The molecule has 2 fully saturated rings. The maximum atomic E-state index is 12.8. The maximum absolute atomic E-state index is 12.8. The van der Waals surface area contributed by atoms with Gasteiger partial charge >= 0.3 is 12.1 Å². The van der Waals surface area contributed by atoms with Crippen LogP contribution in [0.5, 0.6) is 0 Å². The van der Waals surface area contributed by atoms with E-state index in [1.807, 2.05) is 31.2 Å². The minimum Gasteiger partial charge on any atom is -0.475 e. The zero-order chi connectivity index (χ0) is 24.0. The predicted molar refractivity (Wildman–Crippen MR) is 109 cm³/mol. The molecule has 2 aromatic heterocycles. The highest BCUT2D eigenvalue weighted by atomic mass is 19.4. The van der Waals surface area contributed by atoms with E-state index >= 15 is 0 Å². The van der Waals surface area contributed by atoms with Gasteiger partial charge in [-0.3, -0.25) is 4.79 Å². The molecule has 0 spiro atoms. The van der Waals surface area contributed by atoms with Crippen LogP contribution in [0.3, 0.4) is 0 Å². The number of piperidine rings is 1. The molecule has 2 aliphatic rings. The summed E-state index contributed by atoms with van der Waals surface area (Å²) in [5, 5.41) is 18.6. The summed E-state index contributed by atoms with van der Waals surface area (Å²) in [5.41, 5.74) is 0.903. The number of halogens is 3. The molecule has 3 atom stereocenters. The number of carboxylic acid groups (broad SMARTS) is 1. The SMILES string of the molecule is Cc1ccc(N2CC[C@H]3OCC[C@@H](C(=O)NCc4ccco4)[C@@H]3C2)nn1.O=C(O)C(F)(F)F. The number of furan rings is 1. The number of hydrogen-bond acceptors (Lipinski definition) is 7. The fourth-order valence-electron chi connectivity index (χ4n) is 3.93. The molecule has 0 aliphatic carbocycles. The highest BCUT2D eigenvalue weighted by Crippen LogP contribution is 2.34. The first-order valence-electron chi connectivity index (χ1n) is 10.4. The Balaban J connectivity index is 0.000000383. The van der Waals surface area contributed by atoms with Gasteiger partial charge in [0.2, 0.25) is 5.91 Å². The number of alkyl halides is 3. The van der Waals surface area contributed by atoms with Crippen LogP contribution >= 0.6 is 0 Å². The van der Waals surface area contributed by atoms with Gasteiger partial charge in [-0.2, -0.15) is 18.3 Å². The lowest BCUT2D eigenvalue weighted by Gasteiger charge is -2.44. The fourth-order valence-corrected chi connectivity index (χ4v) is 3.93. The number of aromatic nitrogens is 2. The third-order valence-corrected chi connectivity index (χ3v) is 5.57. The van der Waals surface area contributed by atoms with Crippen molar-refractivity contribution in [3.8, 4) is 0 Å². The Kier molecular flexibility index (Phi) is 7.90. The standard InChI is InChI=1S/C19H24N4O3.C2HF3O2/c1-13-4-5-18(22-21-13)23-8-6-17-16(12-23)15(7-10-26-17)19(24)20-11-14-3-2-9-25-14;3-2(4,5)1(6)7/h2-5,9,15-17H,6-8,10-12H2,1H3,(H,20,24);(H,6,7)/t15-,16+,17-;/m1./s1. The van der Waals surface area contributed by atoms with Gasteiger partial charge in [0, 0.05) is 31.5 Å². The predicted octanol–water partition coefficient (Wildman–Crippen LogP) is 2.56. The average molecular weight is 470 g/mol. The van der Waals surface area contributed by atoms with Gasteiger partial charge in [0.15, 0.2) is 5.82 Å². The number of nitrogens with zero attached hydrogens (tertiary/aromatic N) is 3. The van der Waals surface area contributed by atoms with E-state index in [0.29, 0.717) is 13.2 Å². The van der Waals surface area contributed by atoms with Crippen molar-refractivity contribution in [2.75, 3.05) is 24.6 Å². The van der Waals surface area contributed by atoms with Gasteiger partial charge in [-0.05, 0) is 44.0 Å². The van der Waals surface area contributed by atoms with Crippen LogP contribution in [-0.4, -0.2) is 59.2 Å². The van der Waals surface area contributed by atoms with Crippen LogP contribution in [0.15, 0.2) is 34.9 Å². The van der Waals surface area contributed by atoms with E-state index in [9.17, 15) is 18.0 Å². The number of carboxylic acids is 1. The first-order chi connectivity index (χ1) is 15.6. The Bertz CT molecular complexity index is 921. The quantitative estimate of drug-likeness (QED) is 0.700. The van der Waals surface area contributed by atoms with Crippen LogP contribution in [0.1, 0.15) is 24.3 Å². The van der Waals surface area contributed by atoms with Crippen LogP contribution in [0.4, 0.5) is 19.0 Å². The number of carbonyl (C=O) groups is 2. The highest BCUT2D eigenvalue weighted by Gasteiger charge is 2.42. The smallest absolute Gasteiger partial charge is 0.475 e. The van der Waals surface area contributed by atoms with Gasteiger partial charge in [0.1, 0.15) is 5.76 Å². The van der Waals surface area contributed by atoms with Crippen LogP contribution in [0.25, 0.3) is 0 Å². The third kappa shape index (κ3) is 6.67. The van der Waals surface area contributed by atoms with Crippen molar-refractivity contribution in [1.29, 1.82) is 0 Å². The summed E-state index contributed by atoms with van der Waals surface area (Å²) in [6.07, 6.45) is -1.67. The molecular weight excluding hydrogens is 445 g/mol. The Morgan fingerprint density at radius 1 is 1.24 bits per heavy atom. The molecule has 0 unspecified atom stereocenters. The van der Waals surface area contributed by atoms with E-state index in [0.717, 1.165) is 43.2 Å². The molecule has 180 valence electrons. The molecule has 33 heavy (non-hydrogen) atoms. The Labute approximate surface area is 187 Å². The summed E-state index contributed by atoms with van der Waals surface area (Å²) >= 11 is 0. The molecule has 9 nitrogen and oxygen atoms in total. The molecule has 1 amide bonds. The molecular formula is C21H25F3N4O5. The lowest BCUT2D eigenvalue weighted by molar-refractivity contribution is -0.192. The second-order valence-corrected chi connectivity index (χ2v) is 7.84. The normalized spacial score (nSPS) is 22.5. The maximum Gasteiger partial charge on any atom is 0.490 e. The monoisotopic (exact) mass is 470 g/mol. The summed E-state index contributed by atoms with van der Waals surface area (Å²) in [4.78, 5) is 23.9. The minimum absolute atomic E-state index is 0.0510. The molecule has 2 saturated heterocycles. The second kappa shape index (κ2) is 10.6. The molecule has 2 aliphatic heterocycles. The van der Waals surface area contributed by atoms with Crippen molar-refractivity contribution in [3.05, 3.63) is 42.0 Å². The lowest BCUT2D eigenvalue weighted by atomic mass is 9.79. The molecule has 4 rings (SSSR count). The van der Waals surface area contributed by atoms with Gasteiger partial charge in [-0.1, -0.05) is 0 Å². The number of amides is 1. The van der Waals surface area contributed by atoms with Gasteiger partial charge < -0.3 is 24.5 Å². The number of aliphatic carboxylic acids is 1. The topological polar surface area (TPSA) is 118 Å². The van der Waals surface area contributed by atoms with Crippen molar-refractivity contribution < 1.29 is 37.0 Å². The van der Waals surface area contributed by atoms with Crippen molar-refractivity contribution >= 4 is 17.7 Å². The highest BCUT2D eigenvalue weighted by molar-refractivity contribution is 5.79. The molecule has 2 aromatic rings. The molecule has 0 bridgehead atoms. The molecule has 2 N–H and O–H groups in total. The number of nitrogens with one attached hydrogen (secondary N) is 1. The summed E-state index contributed by atoms with van der Waals surface area (Å²) in [6, 6.07) is 7.66. The number of anilines is 1. The van der Waals surface area contributed by atoms with Gasteiger partial charge in [-0.25, -0.2) is 4.79 Å². The van der Waals surface area contributed by atoms with Crippen molar-refractivity contribution in [2.45, 2.75) is 38.6 Å². The molecule has 4 heterocycles. The van der Waals surface area contributed by atoms with E-state index < -0.39 is 12.1 Å². The Morgan fingerprint density at radius 3 is 2.61 bits per heavy atom. The number of aryl methyl sites for hydroxylation is 1. The molecule has 0 radical (unpaired) electrons. The largest absolute Gasteiger partial charge is 0.490 e. The van der Waals surface area contributed by atoms with E-state index in [1.165, 1.54) is 0 Å². The summed E-state index contributed by atoms with van der Waals surface area (Å²) in [5.74, 6) is -0.928. The van der Waals surface area contributed by atoms with Crippen molar-refractivity contribution in [1.82, 2.24) is 15.5 Å². The fraction of sp³-hybridized carbons (Fsp3) is 0.524. The molecule has 0 saturated carbocycles. The summed E-state index contributed by atoms with van der Waals surface area (Å²) < 4.78 is 43.0. The lowest BCUT2D eigenvalue weighted by Crippen LogP contribution is -2.53. The zero-order valence-corrected chi connectivity index (χ0v) is 17.9. The Morgan fingerprint density at radius 2 is 2.00 bits per heavy atom. The first kappa shape index (κ1) is 24.5. The summed E-state index contributed by atoms with van der Waals surface area (Å²) in [6.45, 7) is 4.64. The van der Waals surface area contributed by atoms with Crippen LogP contribution in [-0.2, 0) is 20.9 Å². The van der Waals surface area contributed by atoms with Crippen LogP contribution in [0, 0.1) is 18.8 Å². The second-order valence-electron chi connectivity index (χ2n) is 7.84. The van der Waals surface area contributed by atoms with E-state index in [-0.39, 0.29) is 23.8 Å². The van der Waals surface area contributed by atoms with Crippen molar-refractivity contribution in [2.24, 2.45) is 11.8 Å². The van der Waals surface area contributed by atoms with E-state index in [4.69, 9.17) is 19.1 Å². The minimum atomic E-state index is -5.08. The van der Waals surface area contributed by atoms with Crippen LogP contribution < -0.4 is 10.2 Å². The third-order valence-electron chi connectivity index (χ3n) is 5.57.